The van der Waals surface area contributed by atoms with E-state index >= 15 is 0 Å². The molecule has 0 saturated heterocycles. The van der Waals surface area contributed by atoms with Crippen LogP contribution in [0.3, 0.4) is 0 Å². The van der Waals surface area contributed by atoms with Crippen LogP contribution in [0.5, 0.6) is 11.5 Å². The molecule has 0 amide bonds. The van der Waals surface area contributed by atoms with Gasteiger partial charge in [0.25, 0.3) is 0 Å². The number of hydrogen-bond donors (Lipinski definition) is 2. The standard InChI is InChI=1S/C21H13BrO3S/c22-14-5-1-12(2-6-14)20(25)19-17-10-9-16(24)11-18(17)26-21(19)13-3-7-15(23)8-4-13/h1-11,23-24H. The second kappa shape index (κ2) is 6.59. The number of phenolic OH excluding ortho intramolecular Hbond substituents is 2. The van der Waals surface area contributed by atoms with Crippen LogP contribution in [0.4, 0.5) is 0 Å². The zero-order valence-corrected chi connectivity index (χ0v) is 15.8. The van der Waals surface area contributed by atoms with E-state index in [0.29, 0.717) is 11.1 Å². The van der Waals surface area contributed by atoms with Gasteiger partial charge in [0.05, 0.1) is 0 Å². The topological polar surface area (TPSA) is 57.5 Å². The highest BCUT2D eigenvalue weighted by atomic mass is 79.9. The molecule has 0 fully saturated rings. The quantitative estimate of drug-likeness (QED) is 0.398. The van der Waals surface area contributed by atoms with Crippen LogP contribution >= 0.6 is 27.3 Å². The van der Waals surface area contributed by atoms with Gasteiger partial charge in [0.2, 0.25) is 0 Å². The number of halogens is 1. The van der Waals surface area contributed by atoms with E-state index in [1.54, 1.807) is 54.6 Å². The van der Waals surface area contributed by atoms with Gasteiger partial charge in [-0.2, -0.15) is 0 Å². The van der Waals surface area contributed by atoms with Crippen LogP contribution in [0.1, 0.15) is 15.9 Å². The number of carbonyl (C=O) groups excluding carboxylic acids is 1. The van der Waals surface area contributed by atoms with E-state index in [0.717, 1.165) is 25.0 Å². The Morgan fingerprint density at radius 3 is 2.19 bits per heavy atom. The zero-order valence-electron chi connectivity index (χ0n) is 13.4. The third-order valence-corrected chi connectivity index (χ3v) is 5.87. The average Bonchev–Trinajstić information content (AvgIpc) is 3.00. The molecule has 0 aliphatic carbocycles. The molecule has 3 aromatic carbocycles. The van der Waals surface area contributed by atoms with Crippen molar-refractivity contribution in [3.05, 3.63) is 82.3 Å². The number of benzene rings is 3. The molecule has 1 heterocycles. The maximum Gasteiger partial charge on any atom is 0.195 e. The minimum Gasteiger partial charge on any atom is -0.508 e. The number of carbonyl (C=O) groups is 1. The van der Waals surface area contributed by atoms with Gasteiger partial charge >= 0.3 is 0 Å². The van der Waals surface area contributed by atoms with Crippen LogP contribution in [0, 0.1) is 0 Å². The van der Waals surface area contributed by atoms with Crippen LogP contribution in [-0.2, 0) is 0 Å². The minimum absolute atomic E-state index is 0.0717. The van der Waals surface area contributed by atoms with Crippen LogP contribution in [-0.4, -0.2) is 16.0 Å². The highest BCUT2D eigenvalue weighted by Crippen LogP contribution is 2.41. The summed E-state index contributed by atoms with van der Waals surface area (Å²) in [5.74, 6) is 0.268. The predicted octanol–water partition coefficient (Wildman–Crippen LogP) is 5.97. The van der Waals surface area contributed by atoms with Gasteiger partial charge in [0.1, 0.15) is 11.5 Å². The molecular weight excluding hydrogens is 412 g/mol. The van der Waals surface area contributed by atoms with E-state index in [9.17, 15) is 15.0 Å². The van der Waals surface area contributed by atoms with Crippen LogP contribution < -0.4 is 0 Å². The number of rotatable bonds is 3. The number of phenols is 2. The van der Waals surface area contributed by atoms with Gasteiger partial charge in [0, 0.05) is 30.6 Å². The Hall–Kier alpha value is -2.63. The second-order valence-electron chi connectivity index (χ2n) is 5.87. The Morgan fingerprint density at radius 1 is 0.846 bits per heavy atom. The maximum atomic E-state index is 13.3. The zero-order chi connectivity index (χ0) is 18.3. The Kier molecular flexibility index (Phi) is 4.26. The van der Waals surface area contributed by atoms with Crippen molar-refractivity contribution in [2.45, 2.75) is 0 Å². The van der Waals surface area contributed by atoms with Gasteiger partial charge in [-0.15, -0.1) is 11.3 Å². The first-order valence-corrected chi connectivity index (χ1v) is 9.49. The summed E-state index contributed by atoms with van der Waals surface area (Å²) in [6.07, 6.45) is 0. The molecule has 26 heavy (non-hydrogen) atoms. The van der Waals surface area contributed by atoms with Crippen molar-refractivity contribution >= 4 is 43.1 Å². The number of thiophene rings is 1. The van der Waals surface area contributed by atoms with Gasteiger partial charge in [-0.25, -0.2) is 0 Å². The predicted molar refractivity (Wildman–Crippen MR) is 108 cm³/mol. The first-order valence-electron chi connectivity index (χ1n) is 7.88. The van der Waals surface area contributed by atoms with Crippen LogP contribution in [0.2, 0.25) is 0 Å². The smallest absolute Gasteiger partial charge is 0.195 e. The molecule has 5 heteroatoms. The molecule has 4 rings (SSSR count). The van der Waals surface area contributed by atoms with E-state index in [1.807, 2.05) is 12.1 Å². The Labute approximate surface area is 162 Å². The molecule has 2 N–H and O–H groups in total. The molecule has 0 radical (unpaired) electrons. The average molecular weight is 425 g/mol. The monoisotopic (exact) mass is 424 g/mol. The third kappa shape index (κ3) is 3.00. The van der Waals surface area contributed by atoms with Gasteiger partial charge in [-0.3, -0.25) is 4.79 Å². The van der Waals surface area contributed by atoms with Crippen LogP contribution in [0.15, 0.2) is 71.2 Å². The molecule has 0 aliphatic heterocycles. The van der Waals surface area contributed by atoms with Crippen molar-refractivity contribution in [3.8, 4) is 21.9 Å². The number of hydrogen-bond acceptors (Lipinski definition) is 4. The van der Waals surface area contributed by atoms with E-state index in [2.05, 4.69) is 15.9 Å². The SMILES string of the molecule is O=C(c1ccc(Br)cc1)c1c(-c2ccc(O)cc2)sc2cc(O)ccc12. The summed E-state index contributed by atoms with van der Waals surface area (Å²) in [5.41, 5.74) is 2.06. The Bertz CT molecular complexity index is 1110. The van der Waals surface area contributed by atoms with Crippen molar-refractivity contribution in [3.63, 3.8) is 0 Å². The number of aromatic hydroxyl groups is 2. The lowest BCUT2D eigenvalue weighted by molar-refractivity contribution is 0.104. The fourth-order valence-corrected chi connectivity index (χ4v) is 4.38. The molecule has 0 spiro atoms. The first kappa shape index (κ1) is 16.8. The van der Waals surface area contributed by atoms with E-state index in [4.69, 9.17) is 0 Å². The third-order valence-electron chi connectivity index (χ3n) is 4.14. The second-order valence-corrected chi connectivity index (χ2v) is 7.84. The van der Waals surface area contributed by atoms with Crippen LogP contribution in [0.25, 0.3) is 20.5 Å². The molecule has 0 aliphatic rings. The normalized spacial score (nSPS) is 11.0. The maximum absolute atomic E-state index is 13.3. The lowest BCUT2D eigenvalue weighted by atomic mass is 9.97. The Morgan fingerprint density at radius 2 is 1.50 bits per heavy atom. The van der Waals surface area contributed by atoms with Crippen molar-refractivity contribution in [1.82, 2.24) is 0 Å². The summed E-state index contributed by atoms with van der Waals surface area (Å²) in [6, 6.07) is 19.1. The van der Waals surface area contributed by atoms with E-state index in [-0.39, 0.29) is 17.3 Å². The lowest BCUT2D eigenvalue weighted by Gasteiger charge is -2.06. The summed E-state index contributed by atoms with van der Waals surface area (Å²) in [4.78, 5) is 14.1. The molecule has 0 atom stereocenters. The summed E-state index contributed by atoms with van der Waals surface area (Å²) >= 11 is 4.84. The van der Waals surface area contributed by atoms with E-state index < -0.39 is 0 Å². The summed E-state index contributed by atoms with van der Waals surface area (Å²) in [6.45, 7) is 0. The molecule has 3 nitrogen and oxygen atoms in total. The van der Waals surface area contributed by atoms with Crippen molar-refractivity contribution < 1.29 is 15.0 Å². The first-order chi connectivity index (χ1) is 12.5. The molecule has 0 bridgehead atoms. The van der Waals surface area contributed by atoms with Gasteiger partial charge in [-0.1, -0.05) is 15.9 Å². The number of ketones is 1. The Balaban J connectivity index is 1.96. The van der Waals surface area contributed by atoms with Gasteiger partial charge in [0.15, 0.2) is 5.78 Å². The molecule has 0 saturated carbocycles. The largest absolute Gasteiger partial charge is 0.508 e. The summed E-state index contributed by atoms with van der Waals surface area (Å²) in [5, 5.41) is 20.2. The van der Waals surface area contributed by atoms with Crippen molar-refractivity contribution in [2.24, 2.45) is 0 Å². The molecule has 1 aromatic heterocycles. The van der Waals surface area contributed by atoms with Gasteiger partial charge < -0.3 is 10.2 Å². The fraction of sp³-hybridized carbons (Fsp3) is 0. The van der Waals surface area contributed by atoms with Crippen molar-refractivity contribution in [1.29, 1.82) is 0 Å². The molecular formula is C21H13BrO3S. The molecule has 4 aromatic rings. The minimum atomic E-state index is -0.0717. The summed E-state index contributed by atoms with van der Waals surface area (Å²) in [7, 11) is 0. The fourth-order valence-electron chi connectivity index (χ4n) is 2.87. The summed E-state index contributed by atoms with van der Waals surface area (Å²) < 4.78 is 1.75. The van der Waals surface area contributed by atoms with E-state index in [1.165, 1.54) is 11.3 Å². The van der Waals surface area contributed by atoms with Gasteiger partial charge in [-0.05, 0) is 72.3 Å². The molecule has 128 valence electrons. The molecule has 0 unspecified atom stereocenters. The highest BCUT2D eigenvalue weighted by molar-refractivity contribution is 9.10. The highest BCUT2D eigenvalue weighted by Gasteiger charge is 2.21. The lowest BCUT2D eigenvalue weighted by Crippen LogP contribution is -2.01. The van der Waals surface area contributed by atoms with Crippen molar-refractivity contribution in [2.75, 3.05) is 0 Å². The number of fused-ring (bicyclic) bond motifs is 1.